The van der Waals surface area contributed by atoms with Crippen LogP contribution in [0.2, 0.25) is 0 Å². The van der Waals surface area contributed by atoms with E-state index in [0.717, 1.165) is 6.07 Å². The van der Waals surface area contributed by atoms with E-state index in [4.69, 9.17) is 10.4 Å². The molecule has 0 aliphatic carbocycles. The summed E-state index contributed by atoms with van der Waals surface area (Å²) in [4.78, 5) is 10.7. The molecule has 0 spiro atoms. The molecule has 1 aromatic rings. The van der Waals surface area contributed by atoms with Crippen molar-refractivity contribution in [3.63, 3.8) is 0 Å². The lowest BCUT2D eigenvalue weighted by Gasteiger charge is -2.15. The third-order valence-corrected chi connectivity index (χ3v) is 3.88. The van der Waals surface area contributed by atoms with Gasteiger partial charge in [-0.25, -0.2) is 17.9 Å². The van der Waals surface area contributed by atoms with Gasteiger partial charge in [0.1, 0.15) is 10.6 Å². The normalized spacial score (nSPS) is 12.1. The van der Waals surface area contributed by atoms with E-state index in [1.54, 1.807) is 13.8 Å². The second kappa shape index (κ2) is 5.03. The average Bonchev–Trinajstić information content (AvgIpc) is 2.70. The van der Waals surface area contributed by atoms with E-state index < -0.39 is 21.4 Å². The number of aromatic carboxylic acids is 1. The van der Waals surface area contributed by atoms with E-state index in [2.05, 4.69) is 4.72 Å². The highest BCUT2D eigenvalue weighted by Crippen LogP contribution is 2.16. The van der Waals surface area contributed by atoms with E-state index in [1.807, 2.05) is 6.07 Å². The van der Waals surface area contributed by atoms with Gasteiger partial charge in [0.05, 0.1) is 11.5 Å². The summed E-state index contributed by atoms with van der Waals surface area (Å²) in [6, 6.07) is 3.05. The molecule has 0 saturated carbocycles. The molecule has 104 valence electrons. The van der Waals surface area contributed by atoms with E-state index in [1.165, 1.54) is 17.8 Å². The van der Waals surface area contributed by atoms with E-state index in [9.17, 15) is 13.2 Å². The minimum absolute atomic E-state index is 0.0524. The third-order valence-electron chi connectivity index (χ3n) is 2.52. The Morgan fingerprint density at radius 1 is 1.58 bits per heavy atom. The van der Waals surface area contributed by atoms with Gasteiger partial charge in [0.15, 0.2) is 0 Å². The lowest BCUT2D eigenvalue weighted by atomic mass is 9.97. The van der Waals surface area contributed by atoms with Gasteiger partial charge in [0, 0.05) is 19.8 Å². The Bertz CT molecular complexity index is 637. The molecule has 8 heteroatoms. The van der Waals surface area contributed by atoms with Crippen LogP contribution in [0.25, 0.3) is 0 Å². The molecule has 19 heavy (non-hydrogen) atoms. The van der Waals surface area contributed by atoms with Gasteiger partial charge >= 0.3 is 5.97 Å². The molecule has 1 rings (SSSR count). The second-order valence-electron chi connectivity index (χ2n) is 4.80. The number of aromatic nitrogens is 1. The zero-order valence-electron chi connectivity index (χ0n) is 10.8. The number of carbonyl (C=O) groups is 1. The van der Waals surface area contributed by atoms with Crippen LogP contribution in [-0.2, 0) is 17.1 Å². The Kier molecular flexibility index (Phi) is 4.03. The first-order valence-electron chi connectivity index (χ1n) is 5.40. The Morgan fingerprint density at radius 3 is 2.58 bits per heavy atom. The quantitative estimate of drug-likeness (QED) is 0.820. The summed E-state index contributed by atoms with van der Waals surface area (Å²) in [5.74, 6) is -1.21. The lowest BCUT2D eigenvalue weighted by Crippen LogP contribution is -2.33. The molecule has 0 saturated heterocycles. The first-order chi connectivity index (χ1) is 8.59. The van der Waals surface area contributed by atoms with Gasteiger partial charge in [-0.1, -0.05) is 0 Å². The van der Waals surface area contributed by atoms with Gasteiger partial charge in [-0.05, 0) is 19.9 Å². The summed E-state index contributed by atoms with van der Waals surface area (Å²) in [5.41, 5.74) is -0.961. The molecule has 0 aliphatic heterocycles. The number of nitriles is 1. The molecule has 0 amide bonds. The fourth-order valence-corrected chi connectivity index (χ4v) is 2.57. The van der Waals surface area contributed by atoms with Crippen molar-refractivity contribution in [2.45, 2.75) is 18.7 Å². The molecule has 2 N–H and O–H groups in total. The van der Waals surface area contributed by atoms with Crippen LogP contribution in [0.1, 0.15) is 24.3 Å². The first-order valence-corrected chi connectivity index (χ1v) is 6.88. The smallest absolute Gasteiger partial charge is 0.352 e. The molecular formula is C11H15N3O4S. The Balaban J connectivity index is 3.00. The van der Waals surface area contributed by atoms with Crippen molar-refractivity contribution in [2.75, 3.05) is 6.54 Å². The fourth-order valence-electron chi connectivity index (χ4n) is 1.29. The monoisotopic (exact) mass is 285 g/mol. The maximum Gasteiger partial charge on any atom is 0.352 e. The Hall–Kier alpha value is -1.85. The van der Waals surface area contributed by atoms with Crippen LogP contribution < -0.4 is 4.72 Å². The van der Waals surface area contributed by atoms with Gasteiger partial charge in [-0.2, -0.15) is 5.26 Å². The highest BCUT2D eigenvalue weighted by atomic mass is 32.2. The summed E-state index contributed by atoms with van der Waals surface area (Å²) < 4.78 is 27.4. The standard InChI is InChI=1S/C11H15N3O4S/c1-11(2,6-12)7-13-19(17,18)8-4-9(10(15)16)14(3)5-8/h4-5,13H,7H2,1-3H3,(H,15,16). The van der Waals surface area contributed by atoms with Crippen LogP contribution >= 0.6 is 0 Å². The number of rotatable bonds is 5. The minimum Gasteiger partial charge on any atom is -0.477 e. The highest BCUT2D eigenvalue weighted by molar-refractivity contribution is 7.89. The number of aryl methyl sites for hydroxylation is 1. The summed E-state index contributed by atoms with van der Waals surface area (Å²) in [6.07, 6.45) is 1.21. The maximum absolute atomic E-state index is 12.0. The lowest BCUT2D eigenvalue weighted by molar-refractivity contribution is 0.0686. The van der Waals surface area contributed by atoms with E-state index in [-0.39, 0.29) is 17.1 Å². The summed E-state index contributed by atoms with van der Waals surface area (Å²) >= 11 is 0. The predicted molar refractivity (Wildman–Crippen MR) is 67.0 cm³/mol. The van der Waals surface area contributed by atoms with Gasteiger partial charge in [-0.3, -0.25) is 0 Å². The topological polar surface area (TPSA) is 112 Å². The van der Waals surface area contributed by atoms with E-state index in [0.29, 0.717) is 0 Å². The van der Waals surface area contributed by atoms with Gasteiger partial charge in [0.25, 0.3) is 0 Å². The maximum atomic E-state index is 12.0. The van der Waals surface area contributed by atoms with Gasteiger partial charge in [-0.15, -0.1) is 0 Å². The number of nitrogens with one attached hydrogen (secondary N) is 1. The minimum atomic E-state index is -3.82. The highest BCUT2D eigenvalue weighted by Gasteiger charge is 2.24. The second-order valence-corrected chi connectivity index (χ2v) is 6.56. The van der Waals surface area contributed by atoms with Crippen molar-refractivity contribution in [1.29, 1.82) is 5.26 Å². The number of sulfonamides is 1. The Morgan fingerprint density at radius 2 is 2.16 bits per heavy atom. The fraction of sp³-hybridized carbons (Fsp3) is 0.455. The molecule has 0 bridgehead atoms. The van der Waals surface area contributed by atoms with Crippen molar-refractivity contribution in [1.82, 2.24) is 9.29 Å². The largest absolute Gasteiger partial charge is 0.477 e. The van der Waals surface area contributed by atoms with Crippen LogP contribution in [0.3, 0.4) is 0 Å². The van der Waals surface area contributed by atoms with Crippen molar-refractivity contribution in [2.24, 2.45) is 12.5 Å². The number of nitrogens with zero attached hydrogens (tertiary/aromatic N) is 2. The summed E-state index contributed by atoms with van der Waals surface area (Å²) in [6.45, 7) is 3.15. The molecule has 0 fully saturated rings. The molecule has 0 aromatic carbocycles. The number of hydrogen-bond acceptors (Lipinski definition) is 4. The molecular weight excluding hydrogens is 270 g/mol. The average molecular weight is 285 g/mol. The molecule has 0 unspecified atom stereocenters. The SMILES string of the molecule is Cn1cc(S(=O)(=O)NCC(C)(C)C#N)cc1C(=O)O. The van der Waals surface area contributed by atoms with Crippen LogP contribution in [0.15, 0.2) is 17.2 Å². The van der Waals surface area contributed by atoms with Crippen molar-refractivity contribution in [3.8, 4) is 6.07 Å². The van der Waals surface area contributed by atoms with Crippen molar-refractivity contribution < 1.29 is 18.3 Å². The van der Waals surface area contributed by atoms with Crippen LogP contribution in [-0.4, -0.2) is 30.6 Å². The van der Waals surface area contributed by atoms with Crippen LogP contribution in [0.5, 0.6) is 0 Å². The zero-order valence-corrected chi connectivity index (χ0v) is 11.7. The zero-order chi connectivity index (χ0) is 14.8. The predicted octanol–water partition coefficient (Wildman–Crippen LogP) is 0.551. The van der Waals surface area contributed by atoms with Crippen molar-refractivity contribution >= 4 is 16.0 Å². The summed E-state index contributed by atoms with van der Waals surface area (Å²) in [7, 11) is -2.38. The van der Waals surface area contributed by atoms with Gasteiger partial charge in [0.2, 0.25) is 10.0 Å². The van der Waals surface area contributed by atoms with Crippen molar-refractivity contribution in [3.05, 3.63) is 18.0 Å². The van der Waals surface area contributed by atoms with Gasteiger partial charge < -0.3 is 9.67 Å². The van der Waals surface area contributed by atoms with E-state index >= 15 is 0 Å². The van der Waals surface area contributed by atoms with Crippen LogP contribution in [0.4, 0.5) is 0 Å². The molecule has 1 heterocycles. The molecule has 0 aliphatic rings. The number of carboxylic acids is 1. The third kappa shape index (κ3) is 3.56. The number of carboxylic acid groups (broad SMARTS) is 1. The van der Waals surface area contributed by atoms with Crippen LogP contribution in [0, 0.1) is 16.7 Å². The molecule has 0 atom stereocenters. The molecule has 7 nitrogen and oxygen atoms in total. The summed E-state index contributed by atoms with van der Waals surface area (Å²) in [5, 5.41) is 17.7. The number of hydrogen-bond donors (Lipinski definition) is 2. The molecule has 0 radical (unpaired) electrons. The molecule has 1 aromatic heterocycles. The first kappa shape index (κ1) is 15.2. The Labute approximate surface area is 111 Å².